The van der Waals surface area contributed by atoms with Crippen LogP contribution in [0.2, 0.25) is 0 Å². The first-order chi connectivity index (χ1) is 11.1. The molecule has 0 aliphatic heterocycles. The number of anilines is 1. The molecule has 23 heavy (non-hydrogen) atoms. The van der Waals surface area contributed by atoms with Crippen LogP contribution >= 0.6 is 0 Å². The number of nitrogens with zero attached hydrogens (tertiary/aromatic N) is 1. The van der Waals surface area contributed by atoms with Gasteiger partial charge in [-0.1, -0.05) is 36.4 Å². The lowest BCUT2D eigenvalue weighted by Gasteiger charge is -2.12. The van der Waals surface area contributed by atoms with Gasteiger partial charge in [0.2, 0.25) is 0 Å². The van der Waals surface area contributed by atoms with Gasteiger partial charge in [0, 0.05) is 26.2 Å². The molecule has 6 nitrogen and oxygen atoms in total. The van der Waals surface area contributed by atoms with Gasteiger partial charge in [0.25, 0.3) is 5.69 Å². The summed E-state index contributed by atoms with van der Waals surface area (Å²) >= 11 is 0. The van der Waals surface area contributed by atoms with E-state index in [1.165, 1.54) is 0 Å². The van der Waals surface area contributed by atoms with Crippen LogP contribution in [-0.2, 0) is 13.0 Å². The van der Waals surface area contributed by atoms with Crippen molar-refractivity contribution >= 4 is 11.4 Å². The molecule has 2 rings (SSSR count). The molecule has 0 fully saturated rings. The van der Waals surface area contributed by atoms with E-state index in [1.54, 1.807) is 19.2 Å². The molecular formula is C17H21N3O3. The number of benzene rings is 2. The summed E-state index contributed by atoms with van der Waals surface area (Å²) in [5.74, 6) is 0. The third kappa shape index (κ3) is 5.05. The van der Waals surface area contributed by atoms with Crippen molar-refractivity contribution in [2.24, 2.45) is 0 Å². The Balaban J connectivity index is 1.86. The molecule has 2 aromatic rings. The molecule has 0 radical (unpaired) electrons. The highest BCUT2D eigenvalue weighted by atomic mass is 16.6. The summed E-state index contributed by atoms with van der Waals surface area (Å²) in [7, 11) is 1.65. The van der Waals surface area contributed by atoms with Crippen LogP contribution in [0.5, 0.6) is 0 Å². The van der Waals surface area contributed by atoms with Crippen molar-refractivity contribution in [2.45, 2.75) is 19.1 Å². The zero-order chi connectivity index (χ0) is 16.7. The SMILES string of the molecule is CNc1ccc(CNCC(O)Cc2ccccc2)cc1[N+](=O)[O-]. The lowest BCUT2D eigenvalue weighted by Crippen LogP contribution is -2.28. The van der Waals surface area contributed by atoms with Crippen LogP contribution < -0.4 is 10.6 Å². The summed E-state index contributed by atoms with van der Waals surface area (Å²) in [4.78, 5) is 10.6. The smallest absolute Gasteiger partial charge is 0.292 e. The maximum Gasteiger partial charge on any atom is 0.292 e. The maximum atomic E-state index is 11.0. The van der Waals surface area contributed by atoms with E-state index in [9.17, 15) is 15.2 Å². The van der Waals surface area contributed by atoms with Crippen molar-refractivity contribution in [3.8, 4) is 0 Å². The number of nitro benzene ring substituents is 1. The fourth-order valence-corrected chi connectivity index (χ4v) is 2.39. The molecule has 0 heterocycles. The van der Waals surface area contributed by atoms with Crippen LogP contribution in [0.4, 0.5) is 11.4 Å². The van der Waals surface area contributed by atoms with Gasteiger partial charge in [-0.15, -0.1) is 0 Å². The summed E-state index contributed by atoms with van der Waals surface area (Å²) in [5.41, 5.74) is 2.43. The Hall–Kier alpha value is -2.44. The van der Waals surface area contributed by atoms with Crippen molar-refractivity contribution in [3.05, 3.63) is 69.8 Å². The number of hydrogen-bond donors (Lipinski definition) is 3. The minimum absolute atomic E-state index is 0.0524. The summed E-state index contributed by atoms with van der Waals surface area (Å²) in [5, 5.41) is 27.0. The molecule has 2 aromatic carbocycles. The lowest BCUT2D eigenvalue weighted by atomic mass is 10.1. The highest BCUT2D eigenvalue weighted by molar-refractivity contribution is 5.62. The molecule has 0 spiro atoms. The third-order valence-electron chi connectivity index (χ3n) is 3.55. The highest BCUT2D eigenvalue weighted by Gasteiger charge is 2.13. The maximum absolute atomic E-state index is 11.0. The van der Waals surface area contributed by atoms with Gasteiger partial charge in [0.05, 0.1) is 11.0 Å². The molecule has 6 heteroatoms. The Labute approximate surface area is 135 Å². The van der Waals surface area contributed by atoms with Crippen molar-refractivity contribution in [2.75, 3.05) is 18.9 Å². The number of nitro groups is 1. The third-order valence-corrected chi connectivity index (χ3v) is 3.55. The van der Waals surface area contributed by atoms with Crippen molar-refractivity contribution < 1.29 is 10.0 Å². The molecule has 122 valence electrons. The van der Waals surface area contributed by atoms with E-state index < -0.39 is 11.0 Å². The Morgan fingerprint density at radius 3 is 2.57 bits per heavy atom. The van der Waals surface area contributed by atoms with Gasteiger partial charge < -0.3 is 15.7 Å². The molecule has 0 aliphatic carbocycles. The topological polar surface area (TPSA) is 87.4 Å². The monoisotopic (exact) mass is 315 g/mol. The first-order valence-electron chi connectivity index (χ1n) is 7.48. The second-order valence-electron chi connectivity index (χ2n) is 5.33. The molecule has 0 bridgehead atoms. The second-order valence-corrected chi connectivity index (χ2v) is 5.33. The molecule has 1 unspecified atom stereocenters. The molecule has 0 saturated heterocycles. The van der Waals surface area contributed by atoms with Gasteiger partial charge in [-0.25, -0.2) is 0 Å². The Kier molecular flexibility index (Phi) is 6.08. The number of aliphatic hydroxyl groups is 1. The van der Waals surface area contributed by atoms with E-state index in [0.29, 0.717) is 25.2 Å². The number of aliphatic hydroxyl groups excluding tert-OH is 1. The van der Waals surface area contributed by atoms with Crippen LogP contribution in [0.25, 0.3) is 0 Å². The molecule has 0 aromatic heterocycles. The van der Waals surface area contributed by atoms with Crippen LogP contribution in [0.3, 0.4) is 0 Å². The van der Waals surface area contributed by atoms with E-state index >= 15 is 0 Å². The summed E-state index contributed by atoms with van der Waals surface area (Å²) in [6.07, 6.45) is 0.0797. The zero-order valence-electron chi connectivity index (χ0n) is 13.0. The van der Waals surface area contributed by atoms with E-state index in [2.05, 4.69) is 10.6 Å². The predicted octanol–water partition coefficient (Wildman–Crippen LogP) is 2.33. The van der Waals surface area contributed by atoms with Crippen molar-refractivity contribution in [1.82, 2.24) is 5.32 Å². The van der Waals surface area contributed by atoms with E-state index in [-0.39, 0.29) is 5.69 Å². The van der Waals surface area contributed by atoms with Gasteiger partial charge in [-0.3, -0.25) is 10.1 Å². The van der Waals surface area contributed by atoms with Crippen molar-refractivity contribution in [3.63, 3.8) is 0 Å². The summed E-state index contributed by atoms with van der Waals surface area (Å²) in [6.45, 7) is 0.896. The summed E-state index contributed by atoms with van der Waals surface area (Å²) in [6, 6.07) is 14.8. The molecular weight excluding hydrogens is 294 g/mol. The van der Waals surface area contributed by atoms with Gasteiger partial charge in [0.15, 0.2) is 0 Å². The number of rotatable bonds is 8. The van der Waals surface area contributed by atoms with Gasteiger partial charge in [-0.2, -0.15) is 0 Å². The van der Waals surface area contributed by atoms with Crippen LogP contribution in [0, 0.1) is 10.1 Å². The van der Waals surface area contributed by atoms with Gasteiger partial charge in [0.1, 0.15) is 5.69 Å². The first kappa shape index (κ1) is 16.9. The van der Waals surface area contributed by atoms with E-state index in [1.807, 2.05) is 36.4 Å². The van der Waals surface area contributed by atoms with E-state index in [0.717, 1.165) is 11.1 Å². The van der Waals surface area contributed by atoms with Gasteiger partial charge >= 0.3 is 0 Å². The molecule has 3 N–H and O–H groups in total. The average molecular weight is 315 g/mol. The number of hydrogen-bond acceptors (Lipinski definition) is 5. The normalized spacial score (nSPS) is 11.9. The Bertz CT molecular complexity index is 647. The second kappa shape index (κ2) is 8.26. The van der Waals surface area contributed by atoms with Crippen LogP contribution in [0.1, 0.15) is 11.1 Å². The molecule has 0 saturated carbocycles. The first-order valence-corrected chi connectivity index (χ1v) is 7.48. The zero-order valence-corrected chi connectivity index (χ0v) is 13.0. The standard InChI is InChI=1S/C17H21N3O3/c1-18-16-8-7-14(10-17(16)20(22)23)11-19-12-15(21)9-13-5-3-2-4-6-13/h2-8,10,15,18-19,21H,9,11-12H2,1H3. The summed E-state index contributed by atoms with van der Waals surface area (Å²) < 4.78 is 0. The minimum atomic E-state index is -0.496. The Morgan fingerprint density at radius 1 is 1.17 bits per heavy atom. The van der Waals surface area contributed by atoms with E-state index in [4.69, 9.17) is 0 Å². The van der Waals surface area contributed by atoms with Crippen molar-refractivity contribution in [1.29, 1.82) is 0 Å². The largest absolute Gasteiger partial charge is 0.391 e. The average Bonchev–Trinajstić information content (AvgIpc) is 2.55. The molecule has 0 aliphatic rings. The lowest BCUT2D eigenvalue weighted by molar-refractivity contribution is -0.384. The fourth-order valence-electron chi connectivity index (χ4n) is 2.39. The minimum Gasteiger partial charge on any atom is -0.391 e. The molecule has 0 amide bonds. The van der Waals surface area contributed by atoms with Crippen LogP contribution in [-0.4, -0.2) is 29.7 Å². The fraction of sp³-hybridized carbons (Fsp3) is 0.294. The number of nitrogens with one attached hydrogen (secondary N) is 2. The highest BCUT2D eigenvalue weighted by Crippen LogP contribution is 2.24. The quantitative estimate of drug-likeness (QED) is 0.514. The van der Waals surface area contributed by atoms with Crippen LogP contribution in [0.15, 0.2) is 48.5 Å². The molecule has 1 atom stereocenters. The predicted molar refractivity (Wildman–Crippen MR) is 90.5 cm³/mol. The Morgan fingerprint density at radius 2 is 1.91 bits per heavy atom. The van der Waals surface area contributed by atoms with Gasteiger partial charge in [-0.05, 0) is 23.6 Å².